The summed E-state index contributed by atoms with van der Waals surface area (Å²) in [6.07, 6.45) is 4.79. The number of ether oxygens (including phenoxy) is 2. The fraction of sp³-hybridized carbons (Fsp3) is 0.526. The van der Waals surface area contributed by atoms with Gasteiger partial charge in [-0.1, -0.05) is 0 Å². The Morgan fingerprint density at radius 1 is 1.19 bits per heavy atom. The maximum absolute atomic E-state index is 10.2. The van der Waals surface area contributed by atoms with Crippen LogP contribution in [0.2, 0.25) is 0 Å². The van der Waals surface area contributed by atoms with Crippen LogP contribution in [-0.2, 0) is 9.47 Å². The monoisotopic (exact) mass is 358 g/mol. The average Bonchev–Trinajstić information content (AvgIpc) is 2.93. The number of hydrogen-bond acceptors (Lipinski definition) is 7. The van der Waals surface area contributed by atoms with E-state index >= 15 is 0 Å². The highest BCUT2D eigenvalue weighted by molar-refractivity contribution is 6.06. The second-order valence-corrected chi connectivity index (χ2v) is 7.69. The molecule has 7 heteroatoms. The number of allylic oxidation sites excluding steroid dienone is 1. The lowest BCUT2D eigenvalue weighted by molar-refractivity contribution is 0.0793. The molecule has 140 valence electrons. The minimum atomic E-state index is -1.21. The first-order chi connectivity index (χ1) is 11.9. The third-order valence-corrected chi connectivity index (χ3v) is 4.08. The molecule has 0 saturated heterocycles. The van der Waals surface area contributed by atoms with Crippen LogP contribution in [0.3, 0.4) is 0 Å². The molecule has 0 spiro atoms. The first-order valence-electron chi connectivity index (χ1n) is 8.36. The molecule has 0 unspecified atom stereocenters. The molecule has 0 aromatic rings. The summed E-state index contributed by atoms with van der Waals surface area (Å²) in [4.78, 5) is 8.80. The molecule has 0 aliphatic carbocycles. The lowest BCUT2D eigenvalue weighted by Gasteiger charge is -2.25. The van der Waals surface area contributed by atoms with Gasteiger partial charge in [0.05, 0.1) is 28.8 Å². The first-order valence-corrected chi connectivity index (χ1v) is 8.36. The highest BCUT2D eigenvalue weighted by Crippen LogP contribution is 2.30. The Labute approximate surface area is 154 Å². The van der Waals surface area contributed by atoms with Crippen molar-refractivity contribution in [3.63, 3.8) is 0 Å². The van der Waals surface area contributed by atoms with Gasteiger partial charge in [0, 0.05) is 25.3 Å². The molecule has 0 saturated carbocycles. The standard InChI is InChI=1S/C19H26N4O3/c1-17(2,24)12(8-9-20)22-16-11-14(19(5,6)26-16)23-15-10-13(21-7)18(3,4)25-15/h8,10-11,22,24H,1-7H3/b12-8-,21-13?,23-14?. The van der Waals surface area contributed by atoms with Crippen molar-refractivity contribution >= 4 is 11.4 Å². The maximum atomic E-state index is 10.2. The number of aliphatic hydroxyl groups is 1. The lowest BCUT2D eigenvalue weighted by atomic mass is 10.0. The second kappa shape index (κ2) is 6.61. The molecule has 0 atom stereocenters. The van der Waals surface area contributed by atoms with Gasteiger partial charge in [0.1, 0.15) is 11.2 Å². The Kier molecular flexibility index (Phi) is 5.02. The average molecular weight is 358 g/mol. The minimum absolute atomic E-state index is 0.334. The quantitative estimate of drug-likeness (QED) is 0.753. The Morgan fingerprint density at radius 3 is 2.31 bits per heavy atom. The van der Waals surface area contributed by atoms with E-state index in [2.05, 4.69) is 15.3 Å². The fourth-order valence-corrected chi connectivity index (χ4v) is 2.59. The predicted octanol–water partition coefficient (Wildman–Crippen LogP) is 2.57. The number of nitrogens with one attached hydrogen (secondary N) is 1. The molecule has 0 aromatic carbocycles. The molecule has 26 heavy (non-hydrogen) atoms. The molecule has 2 aliphatic rings. The van der Waals surface area contributed by atoms with Gasteiger partial charge >= 0.3 is 0 Å². The smallest absolute Gasteiger partial charge is 0.216 e. The summed E-state index contributed by atoms with van der Waals surface area (Å²) in [5.41, 5.74) is -0.617. The topological polar surface area (TPSA) is 99.2 Å². The Bertz CT molecular complexity index is 785. The third kappa shape index (κ3) is 4.14. The Balaban J connectivity index is 2.31. The van der Waals surface area contributed by atoms with Crippen LogP contribution < -0.4 is 5.32 Å². The molecule has 0 aromatic heterocycles. The van der Waals surface area contributed by atoms with E-state index in [-0.39, 0.29) is 0 Å². The number of aliphatic imine (C=N–C) groups is 2. The molecular weight excluding hydrogens is 332 g/mol. The number of nitriles is 1. The van der Waals surface area contributed by atoms with Gasteiger partial charge in [-0.25, -0.2) is 4.99 Å². The molecule has 2 N–H and O–H groups in total. The largest absolute Gasteiger partial charge is 0.466 e. The van der Waals surface area contributed by atoms with E-state index in [1.165, 1.54) is 6.08 Å². The van der Waals surface area contributed by atoms with Crippen LogP contribution in [0.25, 0.3) is 0 Å². The van der Waals surface area contributed by atoms with Crippen molar-refractivity contribution in [2.45, 2.75) is 58.3 Å². The number of nitrogens with zero attached hydrogens (tertiary/aromatic N) is 3. The predicted molar refractivity (Wildman–Crippen MR) is 100 cm³/mol. The molecule has 0 fully saturated rings. The van der Waals surface area contributed by atoms with Crippen LogP contribution in [-0.4, -0.2) is 40.4 Å². The van der Waals surface area contributed by atoms with E-state index in [0.29, 0.717) is 23.2 Å². The van der Waals surface area contributed by atoms with Crippen LogP contribution in [0.15, 0.2) is 45.7 Å². The van der Waals surface area contributed by atoms with E-state index in [1.54, 1.807) is 33.0 Å². The Hall–Kier alpha value is -2.59. The lowest BCUT2D eigenvalue weighted by Crippen LogP contribution is -2.34. The van der Waals surface area contributed by atoms with Gasteiger partial charge in [-0.15, -0.1) is 0 Å². The van der Waals surface area contributed by atoms with Crippen molar-refractivity contribution in [2.75, 3.05) is 7.05 Å². The van der Waals surface area contributed by atoms with Gasteiger partial charge in [-0.3, -0.25) is 4.99 Å². The molecule has 0 radical (unpaired) electrons. The van der Waals surface area contributed by atoms with Crippen molar-refractivity contribution in [1.29, 1.82) is 5.26 Å². The zero-order valence-electron chi connectivity index (χ0n) is 16.3. The Morgan fingerprint density at radius 2 is 1.81 bits per heavy atom. The van der Waals surface area contributed by atoms with Crippen LogP contribution in [0.5, 0.6) is 0 Å². The normalized spacial score (nSPS) is 24.7. The fourth-order valence-electron chi connectivity index (χ4n) is 2.59. The van der Waals surface area contributed by atoms with Gasteiger partial charge in [-0.2, -0.15) is 5.26 Å². The second-order valence-electron chi connectivity index (χ2n) is 7.69. The number of rotatable bonds is 4. The maximum Gasteiger partial charge on any atom is 0.216 e. The zero-order chi connectivity index (χ0) is 19.8. The van der Waals surface area contributed by atoms with Gasteiger partial charge in [-0.05, 0) is 41.5 Å². The van der Waals surface area contributed by atoms with Crippen molar-refractivity contribution in [3.05, 3.63) is 35.7 Å². The van der Waals surface area contributed by atoms with E-state index < -0.39 is 16.8 Å². The van der Waals surface area contributed by atoms with Gasteiger partial charge in [0.2, 0.25) is 5.88 Å². The van der Waals surface area contributed by atoms with E-state index in [0.717, 1.165) is 5.71 Å². The SMILES string of the molecule is CN=C1C=C(N=C2C=C(N/C(=C\C#N)C(C)(C)O)OC2(C)C)OC1(C)C. The van der Waals surface area contributed by atoms with Crippen molar-refractivity contribution in [1.82, 2.24) is 5.32 Å². The van der Waals surface area contributed by atoms with Gasteiger partial charge in [0.25, 0.3) is 0 Å². The van der Waals surface area contributed by atoms with Crippen LogP contribution in [0.1, 0.15) is 41.5 Å². The summed E-state index contributed by atoms with van der Waals surface area (Å²) in [5, 5.41) is 22.1. The molecule has 7 nitrogen and oxygen atoms in total. The number of hydrogen-bond donors (Lipinski definition) is 2. The van der Waals surface area contributed by atoms with Gasteiger partial charge < -0.3 is 19.9 Å². The summed E-state index contributed by atoms with van der Waals surface area (Å²) < 4.78 is 11.8. The van der Waals surface area contributed by atoms with Crippen LogP contribution in [0.4, 0.5) is 0 Å². The van der Waals surface area contributed by atoms with Crippen molar-refractivity contribution in [2.24, 2.45) is 9.98 Å². The third-order valence-electron chi connectivity index (χ3n) is 4.08. The first kappa shape index (κ1) is 19.7. The summed E-state index contributed by atoms with van der Waals surface area (Å²) >= 11 is 0. The van der Waals surface area contributed by atoms with Crippen molar-refractivity contribution < 1.29 is 14.6 Å². The molecule has 2 aliphatic heterocycles. The molecule has 0 amide bonds. The van der Waals surface area contributed by atoms with E-state index in [9.17, 15) is 5.11 Å². The summed E-state index contributed by atoms with van der Waals surface area (Å²) in [6.45, 7) is 10.8. The zero-order valence-corrected chi connectivity index (χ0v) is 16.3. The highest BCUT2D eigenvalue weighted by Gasteiger charge is 2.37. The van der Waals surface area contributed by atoms with Crippen molar-refractivity contribution in [3.8, 4) is 6.07 Å². The van der Waals surface area contributed by atoms with E-state index in [4.69, 9.17) is 14.7 Å². The minimum Gasteiger partial charge on any atom is -0.466 e. The summed E-state index contributed by atoms with van der Waals surface area (Å²) in [6, 6.07) is 1.92. The van der Waals surface area contributed by atoms with Crippen LogP contribution >= 0.6 is 0 Å². The van der Waals surface area contributed by atoms with E-state index in [1.807, 2.05) is 33.8 Å². The molecule has 2 rings (SSSR count). The molecule has 0 bridgehead atoms. The highest BCUT2D eigenvalue weighted by atomic mass is 16.5. The van der Waals surface area contributed by atoms with Crippen LogP contribution in [0, 0.1) is 11.3 Å². The molecular formula is C19H26N4O3. The van der Waals surface area contributed by atoms with Gasteiger partial charge in [0.15, 0.2) is 5.88 Å². The summed E-state index contributed by atoms with van der Waals surface area (Å²) in [7, 11) is 1.72. The summed E-state index contributed by atoms with van der Waals surface area (Å²) in [5.74, 6) is 0.870. The molecule has 2 heterocycles.